The van der Waals surface area contributed by atoms with Gasteiger partial charge in [-0.25, -0.2) is 0 Å². The predicted octanol–water partition coefficient (Wildman–Crippen LogP) is 4.07. The molecule has 0 atom stereocenters. The van der Waals surface area contributed by atoms with Gasteiger partial charge in [0.05, 0.1) is 22.8 Å². The number of nitriles is 1. The molecule has 1 aliphatic heterocycles. The molecule has 8 heteroatoms. The van der Waals surface area contributed by atoms with Gasteiger partial charge in [-0.15, -0.1) is 0 Å². The van der Waals surface area contributed by atoms with E-state index in [1.54, 1.807) is 17.0 Å². The number of nitrogens with zero attached hydrogens (tertiary/aromatic N) is 3. The molecule has 0 bridgehead atoms. The molecule has 0 aliphatic carbocycles. The van der Waals surface area contributed by atoms with Crippen LogP contribution < -0.4 is 5.73 Å². The molecule has 166 valence electrons. The van der Waals surface area contributed by atoms with Crippen molar-refractivity contribution in [1.82, 2.24) is 15.0 Å². The van der Waals surface area contributed by atoms with E-state index in [1.165, 1.54) is 0 Å². The molecule has 1 fully saturated rings. The number of nitrogens with one attached hydrogen (secondary N) is 1. The molecule has 3 heterocycles. The summed E-state index contributed by atoms with van der Waals surface area (Å²) < 4.78 is 5.31. The van der Waals surface area contributed by atoms with Gasteiger partial charge in [-0.05, 0) is 56.5 Å². The smallest absolute Gasteiger partial charge is 0.253 e. The highest BCUT2D eigenvalue weighted by molar-refractivity contribution is 6.17. The highest BCUT2D eigenvalue weighted by atomic mass is 16.5. The summed E-state index contributed by atoms with van der Waals surface area (Å²) in [6, 6.07) is 11.5. The van der Waals surface area contributed by atoms with Gasteiger partial charge in [-0.2, -0.15) is 5.26 Å². The van der Waals surface area contributed by atoms with Crippen molar-refractivity contribution in [2.75, 3.05) is 13.1 Å². The monoisotopic (exact) mass is 441 g/mol. The van der Waals surface area contributed by atoms with Crippen molar-refractivity contribution in [3.05, 3.63) is 52.9 Å². The molecule has 2 aromatic carbocycles. The van der Waals surface area contributed by atoms with Gasteiger partial charge in [-0.1, -0.05) is 11.2 Å². The number of aryl methyl sites for hydroxylation is 2. The summed E-state index contributed by atoms with van der Waals surface area (Å²) in [6.45, 7) is 4.84. The fourth-order valence-corrected chi connectivity index (χ4v) is 4.77. The minimum absolute atomic E-state index is 0.0179. The summed E-state index contributed by atoms with van der Waals surface area (Å²) in [7, 11) is 0. The number of benzene rings is 2. The molecule has 2 aromatic heterocycles. The van der Waals surface area contributed by atoms with E-state index in [0.717, 1.165) is 33.1 Å². The molecule has 5 rings (SSSR count). The van der Waals surface area contributed by atoms with Crippen LogP contribution in [-0.4, -0.2) is 39.9 Å². The van der Waals surface area contributed by atoms with Crippen LogP contribution >= 0.6 is 0 Å². The third-order valence-corrected chi connectivity index (χ3v) is 6.51. The second-order valence-electron chi connectivity index (χ2n) is 8.59. The second-order valence-corrected chi connectivity index (χ2v) is 8.59. The maximum absolute atomic E-state index is 13.1. The number of aromatic nitrogens is 2. The van der Waals surface area contributed by atoms with Crippen LogP contribution in [0.3, 0.4) is 0 Å². The molecule has 1 saturated heterocycles. The lowest BCUT2D eigenvalue weighted by molar-refractivity contribution is 0.0707. The van der Waals surface area contributed by atoms with Crippen molar-refractivity contribution < 1.29 is 14.1 Å². The lowest BCUT2D eigenvalue weighted by Gasteiger charge is -2.29. The number of fused-ring (bicyclic) bond motifs is 3. The number of carbonyl (C=O) groups is 2. The van der Waals surface area contributed by atoms with Crippen LogP contribution in [0.25, 0.3) is 32.9 Å². The first kappa shape index (κ1) is 20.8. The van der Waals surface area contributed by atoms with Crippen LogP contribution in [0.15, 0.2) is 34.9 Å². The van der Waals surface area contributed by atoms with E-state index in [0.29, 0.717) is 48.3 Å². The number of carbonyl (C=O) groups excluding carboxylic acids is 2. The molecule has 0 spiro atoms. The molecule has 1 aliphatic rings. The van der Waals surface area contributed by atoms with Crippen LogP contribution in [0.1, 0.15) is 45.0 Å². The second kappa shape index (κ2) is 7.78. The van der Waals surface area contributed by atoms with E-state index in [-0.39, 0.29) is 11.8 Å². The average molecular weight is 441 g/mol. The number of hydrogen-bond acceptors (Lipinski definition) is 5. The third kappa shape index (κ3) is 3.42. The first-order chi connectivity index (χ1) is 15.9. The van der Waals surface area contributed by atoms with Gasteiger partial charge >= 0.3 is 0 Å². The van der Waals surface area contributed by atoms with Crippen molar-refractivity contribution >= 4 is 33.6 Å². The fraction of sp³-hybridized carbons (Fsp3) is 0.280. The quantitative estimate of drug-likeness (QED) is 0.495. The number of hydrogen-bond donors (Lipinski definition) is 2. The molecule has 0 unspecified atom stereocenters. The normalized spacial score (nSPS) is 14.6. The molecular formula is C25H23N5O3. The Hall–Kier alpha value is -4.12. The molecule has 3 N–H and O–H groups in total. The maximum Gasteiger partial charge on any atom is 0.253 e. The number of primary amides is 1. The van der Waals surface area contributed by atoms with Crippen molar-refractivity contribution in [2.24, 2.45) is 11.7 Å². The summed E-state index contributed by atoms with van der Waals surface area (Å²) in [5.41, 5.74) is 10.4. The summed E-state index contributed by atoms with van der Waals surface area (Å²) >= 11 is 0. The van der Waals surface area contributed by atoms with Gasteiger partial charge in [0, 0.05) is 46.4 Å². The number of likely N-dealkylation sites (tertiary alicyclic amines) is 1. The molecule has 8 nitrogen and oxygen atoms in total. The zero-order valence-electron chi connectivity index (χ0n) is 18.4. The minimum atomic E-state index is -0.545. The SMILES string of the molecule is Cc1noc(C)c1-c1cc(C(N)=O)c2[nH]c3cc(C(=O)N4CCC(C#N)CC4)ccc3c2c1. The highest BCUT2D eigenvalue weighted by Crippen LogP contribution is 2.35. The lowest BCUT2D eigenvalue weighted by atomic mass is 9.97. The molecular weight excluding hydrogens is 418 g/mol. The summed E-state index contributed by atoms with van der Waals surface area (Å²) in [4.78, 5) is 30.4. The maximum atomic E-state index is 13.1. The Kier molecular flexibility index (Phi) is 4.90. The Morgan fingerprint density at radius 2 is 1.94 bits per heavy atom. The van der Waals surface area contributed by atoms with E-state index in [4.69, 9.17) is 15.5 Å². The van der Waals surface area contributed by atoms with E-state index < -0.39 is 5.91 Å². The van der Waals surface area contributed by atoms with Crippen molar-refractivity contribution in [2.45, 2.75) is 26.7 Å². The van der Waals surface area contributed by atoms with E-state index in [9.17, 15) is 9.59 Å². The molecule has 4 aromatic rings. The van der Waals surface area contributed by atoms with Gasteiger partial charge in [0.25, 0.3) is 11.8 Å². The Bertz CT molecular complexity index is 1450. The minimum Gasteiger partial charge on any atom is -0.366 e. The van der Waals surface area contributed by atoms with Gasteiger partial charge in [0.1, 0.15) is 5.76 Å². The van der Waals surface area contributed by atoms with Gasteiger partial charge < -0.3 is 20.1 Å². The van der Waals surface area contributed by atoms with E-state index in [1.807, 2.05) is 32.0 Å². The Morgan fingerprint density at radius 1 is 1.18 bits per heavy atom. The Labute approximate surface area is 189 Å². The highest BCUT2D eigenvalue weighted by Gasteiger charge is 2.24. The zero-order valence-corrected chi connectivity index (χ0v) is 18.4. The first-order valence-electron chi connectivity index (χ1n) is 10.9. The molecule has 0 saturated carbocycles. The zero-order chi connectivity index (χ0) is 23.3. The number of H-pyrrole nitrogens is 1. The lowest BCUT2D eigenvalue weighted by Crippen LogP contribution is -2.38. The van der Waals surface area contributed by atoms with Gasteiger partial charge in [0.15, 0.2) is 0 Å². The number of rotatable bonds is 3. The van der Waals surface area contributed by atoms with Crippen LogP contribution in [0.2, 0.25) is 0 Å². The first-order valence-corrected chi connectivity index (χ1v) is 10.9. The predicted molar refractivity (Wildman–Crippen MR) is 124 cm³/mol. The number of piperidine rings is 1. The Morgan fingerprint density at radius 3 is 2.58 bits per heavy atom. The topological polar surface area (TPSA) is 129 Å². The largest absolute Gasteiger partial charge is 0.366 e. The van der Waals surface area contributed by atoms with Crippen LogP contribution in [0, 0.1) is 31.1 Å². The van der Waals surface area contributed by atoms with Gasteiger partial charge in [0.2, 0.25) is 0 Å². The molecule has 33 heavy (non-hydrogen) atoms. The van der Waals surface area contributed by atoms with Gasteiger partial charge in [-0.3, -0.25) is 9.59 Å². The van der Waals surface area contributed by atoms with Crippen molar-refractivity contribution in [3.8, 4) is 17.2 Å². The Balaban J connectivity index is 1.60. The number of nitrogens with two attached hydrogens (primary N) is 1. The van der Waals surface area contributed by atoms with Crippen LogP contribution in [-0.2, 0) is 0 Å². The summed E-state index contributed by atoms with van der Waals surface area (Å²) in [5, 5.41) is 14.8. The molecule has 2 amide bonds. The van der Waals surface area contributed by atoms with Crippen LogP contribution in [0.5, 0.6) is 0 Å². The summed E-state index contributed by atoms with van der Waals surface area (Å²) in [5.74, 6) is 0.0785. The van der Waals surface area contributed by atoms with Crippen molar-refractivity contribution in [1.29, 1.82) is 5.26 Å². The van der Waals surface area contributed by atoms with Crippen LogP contribution in [0.4, 0.5) is 0 Å². The number of aromatic amines is 1. The standard InChI is InChI=1S/C25H23N5O3/c1-13-22(14(2)33-29-13)17-9-19-18-4-3-16(25(32)30-7-5-15(12-26)6-8-30)11-21(18)28-23(19)20(10-17)24(27)31/h3-4,9-11,15,28H,5-8H2,1-2H3,(H2,27,31). The average Bonchev–Trinajstić information content (AvgIpc) is 3.36. The van der Waals surface area contributed by atoms with Crippen molar-refractivity contribution in [3.63, 3.8) is 0 Å². The molecule has 0 radical (unpaired) electrons. The summed E-state index contributed by atoms with van der Waals surface area (Å²) in [6.07, 6.45) is 1.40. The fourth-order valence-electron chi connectivity index (χ4n) is 4.77. The van der Waals surface area contributed by atoms with E-state index in [2.05, 4.69) is 16.2 Å². The third-order valence-electron chi connectivity index (χ3n) is 6.51. The number of amides is 2. The van der Waals surface area contributed by atoms with E-state index >= 15 is 0 Å².